The molecule has 4 aromatic rings. The maximum Gasteiger partial charge on any atom is 0.229 e. The Morgan fingerprint density at radius 2 is 1.91 bits per heavy atom. The number of nitrogens with zero attached hydrogens (tertiary/aromatic N) is 2. The molecule has 0 saturated carbocycles. The second-order valence-corrected chi connectivity index (χ2v) is 9.71. The molecule has 3 heterocycles. The monoisotopic (exact) mass is 474 g/mol. The second-order valence-electron chi connectivity index (χ2n) is 8.68. The Kier molecular flexibility index (Phi) is 7.04. The number of fused-ring (bicyclic) bond motifs is 1. The lowest BCUT2D eigenvalue weighted by Gasteiger charge is -2.13. The van der Waals surface area contributed by atoms with Crippen molar-refractivity contribution in [1.82, 2.24) is 15.2 Å². The Hall–Kier alpha value is -3.00. The van der Waals surface area contributed by atoms with Crippen molar-refractivity contribution in [3.63, 3.8) is 0 Å². The predicted molar refractivity (Wildman–Crippen MR) is 142 cm³/mol. The zero-order chi connectivity index (χ0) is 23.3. The molecular weight excluding hydrogens is 444 g/mol. The van der Waals surface area contributed by atoms with Gasteiger partial charge in [-0.15, -0.1) is 11.8 Å². The summed E-state index contributed by atoms with van der Waals surface area (Å²) >= 11 is 1.94. The van der Waals surface area contributed by atoms with Crippen molar-refractivity contribution >= 4 is 28.5 Å². The van der Waals surface area contributed by atoms with Crippen LogP contribution < -0.4 is 15.4 Å². The van der Waals surface area contributed by atoms with E-state index in [0.29, 0.717) is 18.4 Å². The van der Waals surface area contributed by atoms with E-state index in [1.54, 1.807) is 0 Å². The zero-order valence-corrected chi connectivity index (χ0v) is 20.4. The standard InChI is InChI=1S/C27H30N4O2S/c1-31(2)14-15-32-22-10-8-20(9-11-22)26-24(19-6-4-3-5-7-19)25-23(12-13-28-27(25)33-26)29-16-21-17-34-18-30-21/h3-13,21,30H,14-18H2,1-2H3,(H,28,29). The van der Waals surface area contributed by atoms with Crippen molar-refractivity contribution in [2.24, 2.45) is 0 Å². The molecule has 176 valence electrons. The first-order valence-corrected chi connectivity index (χ1v) is 12.7. The summed E-state index contributed by atoms with van der Waals surface area (Å²) in [6.45, 7) is 2.39. The SMILES string of the molecule is CN(C)CCOc1ccc(-c2oc3nccc(NCC4CSCN4)c3c2-c2ccccc2)cc1. The fourth-order valence-corrected chi connectivity index (χ4v) is 5.10. The first-order valence-electron chi connectivity index (χ1n) is 11.6. The highest BCUT2D eigenvalue weighted by atomic mass is 32.2. The molecule has 1 atom stereocenters. The van der Waals surface area contributed by atoms with Gasteiger partial charge in [0, 0.05) is 53.8 Å². The van der Waals surface area contributed by atoms with Crippen LogP contribution in [0.3, 0.4) is 0 Å². The molecule has 0 radical (unpaired) electrons. The number of thioether (sulfide) groups is 1. The van der Waals surface area contributed by atoms with Gasteiger partial charge in [-0.1, -0.05) is 30.3 Å². The van der Waals surface area contributed by atoms with Gasteiger partial charge in [0.2, 0.25) is 5.71 Å². The van der Waals surface area contributed by atoms with Crippen LogP contribution in [0.15, 0.2) is 71.3 Å². The van der Waals surface area contributed by atoms with Gasteiger partial charge in [0.1, 0.15) is 18.1 Å². The molecule has 0 amide bonds. The second kappa shape index (κ2) is 10.5. The van der Waals surface area contributed by atoms with E-state index in [2.05, 4.69) is 56.9 Å². The molecule has 2 aromatic heterocycles. The number of benzene rings is 2. The zero-order valence-electron chi connectivity index (χ0n) is 19.6. The molecule has 2 aromatic carbocycles. The molecule has 6 nitrogen and oxygen atoms in total. The summed E-state index contributed by atoms with van der Waals surface area (Å²) in [5.41, 5.74) is 4.84. The fraction of sp³-hybridized carbons (Fsp3) is 0.296. The van der Waals surface area contributed by atoms with Crippen LogP contribution in [0, 0.1) is 0 Å². The smallest absolute Gasteiger partial charge is 0.229 e. The normalized spacial score (nSPS) is 15.8. The van der Waals surface area contributed by atoms with Gasteiger partial charge in [-0.05, 0) is 50.0 Å². The Labute approximate surface area is 204 Å². The van der Waals surface area contributed by atoms with Gasteiger partial charge in [0.25, 0.3) is 0 Å². The molecule has 1 saturated heterocycles. The third-order valence-electron chi connectivity index (χ3n) is 5.91. The van der Waals surface area contributed by atoms with Gasteiger partial charge in [-0.2, -0.15) is 0 Å². The third kappa shape index (κ3) is 5.06. The van der Waals surface area contributed by atoms with Gasteiger partial charge in [0.05, 0.1) is 5.39 Å². The lowest BCUT2D eigenvalue weighted by atomic mass is 9.98. The van der Waals surface area contributed by atoms with Crippen molar-refractivity contribution in [2.75, 3.05) is 50.7 Å². The summed E-state index contributed by atoms with van der Waals surface area (Å²) < 4.78 is 12.3. The summed E-state index contributed by atoms with van der Waals surface area (Å²) in [6.07, 6.45) is 1.81. The van der Waals surface area contributed by atoms with Crippen molar-refractivity contribution in [3.8, 4) is 28.2 Å². The molecule has 2 N–H and O–H groups in total. The van der Waals surface area contributed by atoms with E-state index in [0.717, 1.165) is 64.0 Å². The Balaban J connectivity index is 1.52. The molecule has 7 heteroatoms. The summed E-state index contributed by atoms with van der Waals surface area (Å²) in [6, 6.07) is 21.0. The van der Waals surface area contributed by atoms with Gasteiger partial charge < -0.3 is 24.7 Å². The average molecular weight is 475 g/mol. The van der Waals surface area contributed by atoms with Crippen LogP contribution in [-0.2, 0) is 0 Å². The number of rotatable bonds is 9. The fourth-order valence-electron chi connectivity index (χ4n) is 4.10. The number of anilines is 1. The molecule has 34 heavy (non-hydrogen) atoms. The molecule has 1 fully saturated rings. The average Bonchev–Trinajstić information content (AvgIpc) is 3.52. The summed E-state index contributed by atoms with van der Waals surface area (Å²) in [5.74, 6) is 3.80. The van der Waals surface area contributed by atoms with Crippen molar-refractivity contribution in [3.05, 3.63) is 66.9 Å². The van der Waals surface area contributed by atoms with E-state index in [4.69, 9.17) is 9.15 Å². The highest BCUT2D eigenvalue weighted by Crippen LogP contribution is 2.43. The minimum atomic E-state index is 0.458. The minimum absolute atomic E-state index is 0.458. The molecule has 1 aliphatic heterocycles. The van der Waals surface area contributed by atoms with Gasteiger partial charge in [0.15, 0.2) is 0 Å². The number of ether oxygens (including phenoxy) is 1. The van der Waals surface area contributed by atoms with Crippen LogP contribution in [0.2, 0.25) is 0 Å². The summed E-state index contributed by atoms with van der Waals surface area (Å²) in [7, 11) is 4.08. The van der Waals surface area contributed by atoms with Gasteiger partial charge in [-0.3, -0.25) is 0 Å². The molecule has 5 rings (SSSR count). The van der Waals surface area contributed by atoms with Crippen LogP contribution in [-0.4, -0.2) is 61.3 Å². The Bertz CT molecular complexity index is 1220. The largest absolute Gasteiger partial charge is 0.492 e. The number of furan rings is 1. The predicted octanol–water partition coefficient (Wildman–Crippen LogP) is 5.18. The van der Waals surface area contributed by atoms with Crippen molar-refractivity contribution in [2.45, 2.75) is 6.04 Å². The molecule has 0 spiro atoms. The van der Waals surface area contributed by atoms with Crippen molar-refractivity contribution < 1.29 is 9.15 Å². The maximum absolute atomic E-state index is 6.39. The first-order chi connectivity index (χ1) is 16.7. The van der Waals surface area contributed by atoms with E-state index >= 15 is 0 Å². The van der Waals surface area contributed by atoms with Crippen LogP contribution in [0.1, 0.15) is 0 Å². The highest BCUT2D eigenvalue weighted by molar-refractivity contribution is 7.99. The minimum Gasteiger partial charge on any atom is -0.492 e. The number of hydrogen-bond donors (Lipinski definition) is 2. The van der Waals surface area contributed by atoms with E-state index < -0.39 is 0 Å². The number of hydrogen-bond acceptors (Lipinski definition) is 7. The lowest BCUT2D eigenvalue weighted by molar-refractivity contribution is 0.261. The van der Waals surface area contributed by atoms with Crippen LogP contribution in [0.4, 0.5) is 5.69 Å². The van der Waals surface area contributed by atoms with Crippen LogP contribution >= 0.6 is 11.8 Å². The van der Waals surface area contributed by atoms with E-state index in [-0.39, 0.29) is 0 Å². The third-order valence-corrected chi connectivity index (χ3v) is 6.92. The Morgan fingerprint density at radius 1 is 1.09 bits per heavy atom. The number of nitrogens with one attached hydrogen (secondary N) is 2. The lowest BCUT2D eigenvalue weighted by Crippen LogP contribution is -2.31. The molecule has 1 unspecified atom stereocenters. The summed E-state index contributed by atoms with van der Waals surface area (Å²) in [5, 5.41) is 8.19. The molecular formula is C27H30N4O2S. The van der Waals surface area contributed by atoms with Crippen LogP contribution in [0.5, 0.6) is 5.75 Å². The summed E-state index contributed by atoms with van der Waals surface area (Å²) in [4.78, 5) is 6.68. The van der Waals surface area contributed by atoms with Gasteiger partial charge in [-0.25, -0.2) is 4.98 Å². The first kappa shape index (κ1) is 22.8. The molecule has 1 aliphatic rings. The maximum atomic E-state index is 6.39. The highest BCUT2D eigenvalue weighted by Gasteiger charge is 2.22. The number of pyridine rings is 1. The number of aromatic nitrogens is 1. The van der Waals surface area contributed by atoms with Gasteiger partial charge >= 0.3 is 0 Å². The van der Waals surface area contributed by atoms with E-state index in [1.165, 1.54) is 0 Å². The Morgan fingerprint density at radius 3 is 2.65 bits per heavy atom. The van der Waals surface area contributed by atoms with Crippen LogP contribution in [0.25, 0.3) is 33.6 Å². The van der Waals surface area contributed by atoms with Crippen molar-refractivity contribution in [1.29, 1.82) is 0 Å². The van der Waals surface area contributed by atoms with E-state index in [1.807, 2.05) is 56.3 Å². The quantitative estimate of drug-likeness (QED) is 0.347. The number of likely N-dealkylation sites (N-methyl/N-ethyl adjacent to an activating group) is 1. The van der Waals surface area contributed by atoms with E-state index in [9.17, 15) is 0 Å². The topological polar surface area (TPSA) is 62.6 Å². The molecule has 0 bridgehead atoms. The molecule has 0 aliphatic carbocycles.